The van der Waals surface area contributed by atoms with Crippen LogP contribution in [-0.4, -0.2) is 29.5 Å². The van der Waals surface area contributed by atoms with Crippen molar-refractivity contribution in [2.24, 2.45) is 5.73 Å². The van der Waals surface area contributed by atoms with Crippen LogP contribution in [0.5, 0.6) is 0 Å². The molecule has 1 heterocycles. The summed E-state index contributed by atoms with van der Waals surface area (Å²) < 4.78 is 4.54. The Morgan fingerprint density at radius 2 is 2.12 bits per heavy atom. The van der Waals surface area contributed by atoms with Gasteiger partial charge in [-0.3, -0.25) is 4.79 Å². The second-order valence-electron chi connectivity index (χ2n) is 3.74. The Morgan fingerprint density at radius 3 is 2.59 bits per heavy atom. The van der Waals surface area contributed by atoms with Crippen molar-refractivity contribution in [2.45, 2.75) is 19.4 Å². The van der Waals surface area contributed by atoms with Crippen LogP contribution in [0.4, 0.5) is 5.13 Å². The lowest BCUT2D eigenvalue weighted by molar-refractivity contribution is -0.121. The number of carbonyl (C=O) groups is 2. The quantitative estimate of drug-likeness (QED) is 0.808. The predicted octanol–water partition coefficient (Wildman–Crippen LogP) is 1.26. The van der Waals surface area contributed by atoms with E-state index >= 15 is 0 Å². The van der Waals surface area contributed by atoms with Gasteiger partial charge in [0.1, 0.15) is 5.54 Å². The second kappa shape index (κ2) is 4.89. The number of aromatic nitrogens is 1. The Balaban J connectivity index is 2.95. The average Bonchev–Trinajstić information content (AvgIpc) is 2.57. The number of hydrogen-bond donors (Lipinski definition) is 2. The van der Waals surface area contributed by atoms with Crippen LogP contribution in [0.2, 0.25) is 5.15 Å². The number of carbonyl (C=O) groups excluding carboxylic acids is 2. The molecule has 94 valence electrons. The monoisotopic (exact) mass is 277 g/mol. The topological polar surface area (TPSA) is 94.3 Å². The number of rotatable bonds is 4. The van der Waals surface area contributed by atoms with Crippen molar-refractivity contribution < 1.29 is 14.3 Å². The largest absolute Gasteiger partial charge is 0.465 e. The number of methoxy groups -OCH3 is 1. The number of halogens is 1. The smallest absolute Gasteiger partial charge is 0.351 e. The summed E-state index contributed by atoms with van der Waals surface area (Å²) in [5.41, 5.74) is 4.22. The molecule has 0 unspecified atom stereocenters. The van der Waals surface area contributed by atoms with Crippen molar-refractivity contribution in [1.82, 2.24) is 4.98 Å². The van der Waals surface area contributed by atoms with Gasteiger partial charge in [-0.1, -0.05) is 22.9 Å². The molecule has 1 aromatic heterocycles. The van der Waals surface area contributed by atoms with Crippen LogP contribution < -0.4 is 11.1 Å². The Hall–Kier alpha value is -1.34. The average molecular weight is 278 g/mol. The Kier molecular flexibility index (Phi) is 3.94. The maximum atomic E-state index is 11.3. The molecule has 0 spiro atoms. The molecule has 1 amide bonds. The molecule has 3 N–H and O–H groups in total. The first-order valence-electron chi connectivity index (χ1n) is 4.60. The molecule has 0 bridgehead atoms. The fraction of sp³-hybridized carbons (Fsp3) is 0.444. The number of thiazole rings is 1. The van der Waals surface area contributed by atoms with Gasteiger partial charge in [-0.15, -0.1) is 0 Å². The van der Waals surface area contributed by atoms with Gasteiger partial charge in [-0.05, 0) is 13.8 Å². The van der Waals surface area contributed by atoms with E-state index in [1.54, 1.807) is 13.8 Å². The zero-order valence-corrected chi connectivity index (χ0v) is 11.1. The summed E-state index contributed by atoms with van der Waals surface area (Å²) in [5.74, 6) is -1.11. The van der Waals surface area contributed by atoms with Crippen molar-refractivity contribution in [2.75, 3.05) is 12.4 Å². The van der Waals surface area contributed by atoms with Crippen LogP contribution in [0.25, 0.3) is 0 Å². The van der Waals surface area contributed by atoms with E-state index in [1.165, 1.54) is 7.11 Å². The van der Waals surface area contributed by atoms with Gasteiger partial charge in [0, 0.05) is 0 Å². The molecule has 0 fully saturated rings. The maximum absolute atomic E-state index is 11.3. The molecular formula is C9H12ClN3O3S. The number of amides is 1. The highest BCUT2D eigenvalue weighted by molar-refractivity contribution is 7.18. The minimum atomic E-state index is -0.978. The van der Waals surface area contributed by atoms with Crippen LogP contribution in [0.1, 0.15) is 23.5 Å². The van der Waals surface area contributed by atoms with Crippen LogP contribution in [0.15, 0.2) is 0 Å². The Bertz CT molecular complexity index is 458. The lowest BCUT2D eigenvalue weighted by atomic mass is 10.1. The summed E-state index contributed by atoms with van der Waals surface area (Å²) >= 11 is 6.77. The second-order valence-corrected chi connectivity index (χ2v) is 5.10. The number of esters is 1. The molecule has 6 nitrogen and oxygen atoms in total. The first kappa shape index (κ1) is 13.7. The summed E-state index contributed by atoms with van der Waals surface area (Å²) in [7, 11) is 1.25. The molecule has 0 radical (unpaired) electrons. The molecule has 0 aliphatic heterocycles. The number of nitrogens with two attached hydrogens (primary N) is 1. The van der Waals surface area contributed by atoms with Gasteiger partial charge in [0.05, 0.1) is 7.11 Å². The van der Waals surface area contributed by atoms with Crippen molar-refractivity contribution in [3.05, 3.63) is 10.0 Å². The lowest BCUT2D eigenvalue weighted by Gasteiger charge is -2.21. The standard InChI is InChI=1S/C9H12ClN3O3S/c1-9(2,7(11)15)13-8-12-5(10)4(17-8)6(14)16-3/h1-3H3,(H2,11,15)(H,12,13). The molecule has 0 aliphatic carbocycles. The number of nitrogens with one attached hydrogen (secondary N) is 1. The van der Waals surface area contributed by atoms with Crippen LogP contribution in [-0.2, 0) is 9.53 Å². The van der Waals surface area contributed by atoms with Gasteiger partial charge >= 0.3 is 5.97 Å². The van der Waals surface area contributed by atoms with Gasteiger partial charge in [-0.2, -0.15) is 0 Å². The van der Waals surface area contributed by atoms with E-state index in [-0.39, 0.29) is 10.0 Å². The highest BCUT2D eigenvalue weighted by Gasteiger charge is 2.27. The van der Waals surface area contributed by atoms with Crippen LogP contribution in [0, 0.1) is 0 Å². The van der Waals surface area contributed by atoms with Gasteiger partial charge in [-0.25, -0.2) is 9.78 Å². The van der Waals surface area contributed by atoms with Crippen molar-refractivity contribution in [3.8, 4) is 0 Å². The van der Waals surface area contributed by atoms with E-state index in [0.29, 0.717) is 5.13 Å². The third-order valence-corrected chi connectivity index (χ3v) is 3.33. The summed E-state index contributed by atoms with van der Waals surface area (Å²) in [6, 6.07) is 0. The normalized spacial score (nSPS) is 11.1. The SMILES string of the molecule is COC(=O)c1sc(NC(C)(C)C(N)=O)nc1Cl. The molecule has 0 atom stereocenters. The van der Waals surface area contributed by atoms with E-state index in [4.69, 9.17) is 17.3 Å². The molecule has 0 saturated heterocycles. The minimum Gasteiger partial charge on any atom is -0.465 e. The zero-order chi connectivity index (χ0) is 13.2. The molecular weight excluding hydrogens is 266 g/mol. The first-order valence-corrected chi connectivity index (χ1v) is 5.80. The summed E-state index contributed by atoms with van der Waals surface area (Å²) in [5, 5.41) is 3.16. The highest BCUT2D eigenvalue weighted by Crippen LogP contribution is 2.29. The van der Waals surface area contributed by atoms with Crippen molar-refractivity contribution in [3.63, 3.8) is 0 Å². The molecule has 1 rings (SSSR count). The molecule has 17 heavy (non-hydrogen) atoms. The summed E-state index contributed by atoms with van der Waals surface area (Å²) in [6.07, 6.45) is 0. The van der Waals surface area contributed by atoms with Gasteiger partial charge < -0.3 is 15.8 Å². The van der Waals surface area contributed by atoms with Crippen LogP contribution in [0.3, 0.4) is 0 Å². The maximum Gasteiger partial charge on any atom is 0.351 e. The van der Waals surface area contributed by atoms with E-state index in [2.05, 4.69) is 15.0 Å². The number of primary amides is 1. The fourth-order valence-electron chi connectivity index (χ4n) is 0.903. The highest BCUT2D eigenvalue weighted by atomic mass is 35.5. The molecule has 8 heteroatoms. The minimum absolute atomic E-state index is 0.0321. The number of nitrogens with zero attached hydrogens (tertiary/aromatic N) is 1. The molecule has 0 aliphatic rings. The lowest BCUT2D eigenvalue weighted by Crippen LogP contribution is -2.44. The Labute approximate surface area is 107 Å². The predicted molar refractivity (Wildman–Crippen MR) is 65.4 cm³/mol. The van der Waals surface area contributed by atoms with Crippen molar-refractivity contribution >= 4 is 39.9 Å². The summed E-state index contributed by atoms with van der Waals surface area (Å²) in [6.45, 7) is 3.20. The van der Waals surface area contributed by atoms with E-state index in [1.807, 2.05) is 0 Å². The number of anilines is 1. The van der Waals surface area contributed by atoms with E-state index in [0.717, 1.165) is 11.3 Å². The fourth-order valence-corrected chi connectivity index (χ4v) is 2.16. The van der Waals surface area contributed by atoms with Gasteiger partial charge in [0.15, 0.2) is 15.2 Å². The third kappa shape index (κ3) is 3.07. The number of ether oxygens (including phenoxy) is 1. The van der Waals surface area contributed by atoms with Gasteiger partial charge in [0.25, 0.3) is 0 Å². The van der Waals surface area contributed by atoms with Crippen LogP contribution >= 0.6 is 22.9 Å². The Morgan fingerprint density at radius 1 is 1.53 bits per heavy atom. The first-order chi connectivity index (χ1) is 7.77. The van der Waals surface area contributed by atoms with E-state index < -0.39 is 17.4 Å². The molecule has 1 aromatic rings. The number of hydrogen-bond acceptors (Lipinski definition) is 6. The van der Waals surface area contributed by atoms with E-state index in [9.17, 15) is 9.59 Å². The van der Waals surface area contributed by atoms with Crippen molar-refractivity contribution in [1.29, 1.82) is 0 Å². The third-order valence-electron chi connectivity index (χ3n) is 1.99. The van der Waals surface area contributed by atoms with Gasteiger partial charge in [0.2, 0.25) is 5.91 Å². The molecule has 0 saturated carbocycles. The summed E-state index contributed by atoms with van der Waals surface area (Å²) in [4.78, 5) is 26.5. The molecule has 0 aromatic carbocycles. The zero-order valence-electron chi connectivity index (χ0n) is 9.54.